The van der Waals surface area contributed by atoms with Gasteiger partial charge in [-0.3, -0.25) is 0 Å². The Morgan fingerprint density at radius 1 is 1.20 bits per heavy atom. The van der Waals surface area contributed by atoms with Crippen molar-refractivity contribution in [2.75, 3.05) is 6.61 Å². The van der Waals surface area contributed by atoms with Gasteiger partial charge in [-0.2, -0.15) is 0 Å². The summed E-state index contributed by atoms with van der Waals surface area (Å²) in [6.45, 7) is 0.378. The lowest BCUT2D eigenvalue weighted by Gasteiger charge is -2.45. The van der Waals surface area contributed by atoms with E-state index in [4.69, 9.17) is 16.3 Å². The first kappa shape index (κ1) is 21.5. The van der Waals surface area contributed by atoms with Gasteiger partial charge in [0, 0.05) is 26.6 Å². The number of ether oxygens (including phenoxy) is 1. The second-order valence-corrected chi connectivity index (χ2v) is 9.32. The van der Waals surface area contributed by atoms with Gasteiger partial charge in [-0.1, -0.05) is 29.8 Å². The topological polar surface area (TPSA) is 90.2 Å². The van der Waals surface area contributed by atoms with E-state index in [1.165, 1.54) is 6.07 Å². The van der Waals surface area contributed by atoms with Crippen LogP contribution in [0.1, 0.15) is 29.0 Å². The molecule has 0 saturated carbocycles. The van der Waals surface area contributed by atoms with Gasteiger partial charge in [0.25, 0.3) is 0 Å². The summed E-state index contributed by atoms with van der Waals surface area (Å²) in [4.78, 5) is 1.06. The van der Waals surface area contributed by atoms with E-state index >= 15 is 0 Å². The number of hydrogen-bond donors (Lipinski definition) is 4. The summed E-state index contributed by atoms with van der Waals surface area (Å²) >= 11 is 7.97. The molecule has 0 radical (unpaired) electrons. The minimum Gasteiger partial charge on any atom is -0.508 e. The average Bonchev–Trinajstić information content (AvgIpc) is 3.11. The van der Waals surface area contributed by atoms with E-state index in [-0.39, 0.29) is 11.3 Å². The smallest absolute Gasteiger partial charge is 0.164 e. The Balaban J connectivity index is 1.69. The highest BCUT2D eigenvalue weighted by atomic mass is 35.5. The fourth-order valence-electron chi connectivity index (χ4n) is 3.86. The number of aliphatic hydroxyl groups excluding tert-OH is 3. The predicted octanol–water partition coefficient (Wildman–Crippen LogP) is 3.73. The van der Waals surface area contributed by atoms with E-state index in [2.05, 4.69) is 6.07 Å². The maximum Gasteiger partial charge on any atom is 0.164 e. The first-order chi connectivity index (χ1) is 14.2. The van der Waals surface area contributed by atoms with Crippen LogP contribution in [0.15, 0.2) is 42.5 Å². The maximum atomic E-state index is 14.7. The molecular weight excluding hydrogens is 431 g/mol. The molecule has 2 aromatic carbocycles. The molecule has 0 bridgehead atoms. The number of halogens is 2. The Labute approximate surface area is 181 Å². The number of benzene rings is 2. The second-order valence-electron chi connectivity index (χ2n) is 7.74. The quantitative estimate of drug-likeness (QED) is 0.484. The number of phenols is 1. The molecule has 1 aromatic heterocycles. The molecule has 4 N–H and O–H groups in total. The summed E-state index contributed by atoms with van der Waals surface area (Å²) in [6.07, 6.45) is -5.52. The van der Waals surface area contributed by atoms with Gasteiger partial charge in [0.1, 0.15) is 30.2 Å². The molecule has 1 saturated heterocycles. The Morgan fingerprint density at radius 2 is 1.93 bits per heavy atom. The Hall–Kier alpha value is -1.74. The Kier molecular flexibility index (Phi) is 5.78. The predicted molar refractivity (Wildman–Crippen MR) is 114 cm³/mol. The Morgan fingerprint density at radius 3 is 2.63 bits per heavy atom. The molecule has 0 aliphatic carbocycles. The molecule has 1 aliphatic heterocycles. The van der Waals surface area contributed by atoms with Crippen molar-refractivity contribution in [3.8, 4) is 5.75 Å². The number of rotatable bonds is 4. The van der Waals surface area contributed by atoms with E-state index < -0.39 is 36.7 Å². The number of phenolic OH excluding ortho intramolecular Hbond substituents is 1. The zero-order valence-electron chi connectivity index (χ0n) is 16.1. The van der Waals surface area contributed by atoms with Crippen LogP contribution in [-0.4, -0.2) is 51.0 Å². The van der Waals surface area contributed by atoms with Crippen LogP contribution in [0.25, 0.3) is 10.1 Å². The van der Waals surface area contributed by atoms with Crippen molar-refractivity contribution in [1.82, 2.24) is 0 Å². The van der Waals surface area contributed by atoms with Gasteiger partial charge >= 0.3 is 0 Å². The first-order valence-electron chi connectivity index (χ1n) is 9.52. The van der Waals surface area contributed by atoms with E-state index in [1.54, 1.807) is 17.4 Å². The maximum absolute atomic E-state index is 14.7. The molecule has 5 nitrogen and oxygen atoms in total. The summed E-state index contributed by atoms with van der Waals surface area (Å²) in [6, 6.07) is 13.0. The third-order valence-corrected chi connectivity index (χ3v) is 7.13. The highest BCUT2D eigenvalue weighted by Gasteiger charge is 2.53. The molecule has 8 heteroatoms. The van der Waals surface area contributed by atoms with Gasteiger partial charge in [-0.25, -0.2) is 4.39 Å². The molecule has 0 spiro atoms. The molecule has 5 atom stereocenters. The minimum absolute atomic E-state index is 0.177. The number of aromatic hydroxyl groups is 1. The molecule has 160 valence electrons. The first-order valence-corrected chi connectivity index (χ1v) is 10.7. The number of thiophene rings is 1. The van der Waals surface area contributed by atoms with E-state index in [1.807, 2.05) is 24.3 Å². The molecular formula is C22H22ClFO5S. The summed E-state index contributed by atoms with van der Waals surface area (Å²) in [5.74, 6) is -0.240. The highest BCUT2D eigenvalue weighted by molar-refractivity contribution is 7.19. The third-order valence-electron chi connectivity index (χ3n) is 5.66. The lowest BCUT2D eigenvalue weighted by atomic mass is 9.83. The van der Waals surface area contributed by atoms with Crippen LogP contribution in [0.5, 0.6) is 5.75 Å². The number of fused-ring (bicyclic) bond motifs is 1. The van der Waals surface area contributed by atoms with Crippen molar-refractivity contribution in [1.29, 1.82) is 0 Å². The van der Waals surface area contributed by atoms with Crippen molar-refractivity contribution < 1.29 is 29.6 Å². The van der Waals surface area contributed by atoms with Gasteiger partial charge < -0.3 is 25.2 Å². The molecule has 2 heterocycles. The molecule has 1 aliphatic rings. The van der Waals surface area contributed by atoms with Crippen molar-refractivity contribution in [3.63, 3.8) is 0 Å². The average molecular weight is 453 g/mol. The molecule has 1 fully saturated rings. The third kappa shape index (κ3) is 3.70. The van der Waals surface area contributed by atoms with Gasteiger partial charge in [0.15, 0.2) is 5.67 Å². The molecule has 0 amide bonds. The van der Waals surface area contributed by atoms with Crippen molar-refractivity contribution in [2.45, 2.75) is 43.4 Å². The zero-order chi connectivity index (χ0) is 21.6. The van der Waals surface area contributed by atoms with Crippen LogP contribution in [0.2, 0.25) is 5.02 Å². The monoisotopic (exact) mass is 452 g/mol. The van der Waals surface area contributed by atoms with Crippen LogP contribution < -0.4 is 0 Å². The summed E-state index contributed by atoms with van der Waals surface area (Å²) < 4.78 is 21.4. The lowest BCUT2D eigenvalue weighted by molar-refractivity contribution is -0.249. The van der Waals surface area contributed by atoms with Gasteiger partial charge in [-0.05, 0) is 42.1 Å². The van der Waals surface area contributed by atoms with Crippen molar-refractivity contribution in [3.05, 3.63) is 63.5 Å². The summed E-state index contributed by atoms with van der Waals surface area (Å²) in [7, 11) is 0. The van der Waals surface area contributed by atoms with Crippen LogP contribution >= 0.6 is 22.9 Å². The molecule has 30 heavy (non-hydrogen) atoms. The van der Waals surface area contributed by atoms with Gasteiger partial charge in [-0.15, -0.1) is 11.3 Å². The van der Waals surface area contributed by atoms with E-state index in [0.29, 0.717) is 17.0 Å². The standard InChI is InChI=1S/C22H22ClFO5S/c1-22(24)18(10-25)29-20(19(27)21(22)28)14-8-12(15(23)9-16(14)26)7-13-6-11-4-2-3-5-17(11)30-13/h2-6,8-9,18-21,25-28H,7,10H2,1H3/t18-,19+,20+,21-,22-/m1/s1. The van der Waals surface area contributed by atoms with Crippen molar-refractivity contribution in [2.24, 2.45) is 0 Å². The van der Waals surface area contributed by atoms with Crippen LogP contribution in [0.3, 0.4) is 0 Å². The summed E-state index contributed by atoms with van der Waals surface area (Å²) in [5, 5.41) is 42.1. The van der Waals surface area contributed by atoms with Crippen LogP contribution in [0, 0.1) is 0 Å². The fourth-order valence-corrected chi connectivity index (χ4v) is 5.17. The number of aliphatic hydroxyl groups is 3. The summed E-state index contributed by atoms with van der Waals surface area (Å²) in [5.41, 5.74) is -1.47. The largest absolute Gasteiger partial charge is 0.508 e. The lowest BCUT2D eigenvalue weighted by Crippen LogP contribution is -2.60. The zero-order valence-corrected chi connectivity index (χ0v) is 17.7. The van der Waals surface area contributed by atoms with Crippen LogP contribution in [-0.2, 0) is 11.2 Å². The highest BCUT2D eigenvalue weighted by Crippen LogP contribution is 2.43. The molecule has 0 unspecified atom stereocenters. The SMILES string of the molecule is C[C@]1(F)[C@H](O)[C@@H](O)[C@H](c2cc(Cc3cc4ccccc4s3)c(Cl)cc2O)O[C@@H]1CO. The normalized spacial score (nSPS) is 29.4. The molecule has 4 rings (SSSR count). The fraction of sp³-hybridized carbons (Fsp3) is 0.364. The second kappa shape index (κ2) is 8.07. The van der Waals surface area contributed by atoms with Gasteiger partial charge in [0.05, 0.1) is 6.61 Å². The Bertz CT molecular complexity index is 1030. The van der Waals surface area contributed by atoms with Crippen LogP contribution in [0.4, 0.5) is 4.39 Å². The number of alkyl halides is 1. The van der Waals surface area contributed by atoms with Crippen molar-refractivity contribution >= 4 is 33.0 Å². The number of hydrogen-bond acceptors (Lipinski definition) is 6. The minimum atomic E-state index is -2.34. The van der Waals surface area contributed by atoms with E-state index in [0.717, 1.165) is 21.9 Å². The molecule has 3 aromatic rings. The van der Waals surface area contributed by atoms with E-state index in [9.17, 15) is 24.8 Å². The van der Waals surface area contributed by atoms with Gasteiger partial charge in [0.2, 0.25) is 0 Å².